The highest BCUT2D eigenvalue weighted by molar-refractivity contribution is 5.59. The minimum absolute atomic E-state index is 0.0460. The van der Waals surface area contributed by atoms with Crippen molar-refractivity contribution in [1.82, 2.24) is 0 Å². The number of nitro groups is 1. The van der Waals surface area contributed by atoms with Crippen LogP contribution in [0, 0.1) is 21.3 Å². The van der Waals surface area contributed by atoms with Gasteiger partial charge in [-0.05, 0) is 11.8 Å². The van der Waals surface area contributed by atoms with E-state index in [1.165, 1.54) is 13.2 Å². The molecule has 1 aromatic carbocycles. The van der Waals surface area contributed by atoms with Crippen LogP contribution in [0.4, 0.5) is 15.8 Å². The third-order valence-electron chi connectivity index (χ3n) is 2.66. The van der Waals surface area contributed by atoms with Crippen molar-refractivity contribution in [2.75, 3.05) is 19.0 Å². The van der Waals surface area contributed by atoms with Crippen molar-refractivity contribution >= 4 is 11.4 Å². The first-order chi connectivity index (χ1) is 8.74. The summed E-state index contributed by atoms with van der Waals surface area (Å²) in [6, 6.07) is 2.19. The number of rotatable bonds is 5. The third-order valence-corrected chi connectivity index (χ3v) is 2.66. The Hall–Kier alpha value is -1.85. The van der Waals surface area contributed by atoms with Crippen molar-refractivity contribution in [3.8, 4) is 5.75 Å². The van der Waals surface area contributed by atoms with Crippen LogP contribution in [0.25, 0.3) is 0 Å². The van der Waals surface area contributed by atoms with E-state index in [0.717, 1.165) is 12.5 Å². The monoisotopic (exact) mass is 270 g/mol. The van der Waals surface area contributed by atoms with Crippen molar-refractivity contribution < 1.29 is 14.1 Å². The summed E-state index contributed by atoms with van der Waals surface area (Å²) in [5.41, 5.74) is -0.0259. The van der Waals surface area contributed by atoms with Crippen molar-refractivity contribution in [3.05, 3.63) is 28.1 Å². The van der Waals surface area contributed by atoms with Gasteiger partial charge in [-0.15, -0.1) is 0 Å². The van der Waals surface area contributed by atoms with Crippen LogP contribution in [0.2, 0.25) is 0 Å². The van der Waals surface area contributed by atoms with E-state index < -0.39 is 10.7 Å². The molecule has 19 heavy (non-hydrogen) atoms. The maximum absolute atomic E-state index is 13.7. The van der Waals surface area contributed by atoms with Crippen LogP contribution in [0.1, 0.15) is 27.2 Å². The van der Waals surface area contributed by atoms with Gasteiger partial charge in [-0.3, -0.25) is 10.1 Å². The number of anilines is 1. The number of nitro benzene ring substituents is 1. The summed E-state index contributed by atoms with van der Waals surface area (Å²) >= 11 is 0. The van der Waals surface area contributed by atoms with Gasteiger partial charge >= 0.3 is 5.69 Å². The summed E-state index contributed by atoms with van der Waals surface area (Å²) in [6.45, 7) is 6.84. The Bertz CT molecular complexity index is 470. The van der Waals surface area contributed by atoms with Crippen LogP contribution in [0.3, 0.4) is 0 Å². The highest BCUT2D eigenvalue weighted by Gasteiger charge is 2.19. The lowest BCUT2D eigenvalue weighted by Gasteiger charge is -2.18. The highest BCUT2D eigenvalue weighted by atomic mass is 19.1. The third kappa shape index (κ3) is 4.39. The predicted octanol–water partition coefficient (Wildman–Crippen LogP) is 3.59. The second-order valence-corrected chi connectivity index (χ2v) is 5.50. The van der Waals surface area contributed by atoms with E-state index in [0.29, 0.717) is 6.54 Å². The lowest BCUT2D eigenvalue weighted by atomic mass is 9.92. The Morgan fingerprint density at radius 3 is 2.53 bits per heavy atom. The van der Waals surface area contributed by atoms with Crippen LogP contribution < -0.4 is 10.1 Å². The Kier molecular flexibility index (Phi) is 4.69. The predicted molar refractivity (Wildman–Crippen MR) is 72.2 cm³/mol. The van der Waals surface area contributed by atoms with E-state index in [9.17, 15) is 14.5 Å². The molecule has 0 aliphatic carbocycles. The van der Waals surface area contributed by atoms with Gasteiger partial charge in [0.2, 0.25) is 0 Å². The largest absolute Gasteiger partial charge is 0.490 e. The Morgan fingerprint density at radius 2 is 2.05 bits per heavy atom. The summed E-state index contributed by atoms with van der Waals surface area (Å²) in [6.07, 6.45) is 0.853. The van der Waals surface area contributed by atoms with Crippen LogP contribution in [0.15, 0.2) is 12.1 Å². The molecule has 0 aliphatic rings. The number of ether oxygens (including phenoxy) is 1. The molecule has 1 rings (SSSR count). The van der Waals surface area contributed by atoms with E-state index >= 15 is 0 Å². The molecule has 0 aromatic heterocycles. The molecule has 0 fully saturated rings. The maximum Gasteiger partial charge on any atom is 0.313 e. The molecule has 6 heteroatoms. The molecular formula is C13H19FN2O3. The van der Waals surface area contributed by atoms with E-state index in [1.807, 2.05) is 0 Å². The molecule has 0 aliphatic heterocycles. The Labute approximate surface area is 111 Å². The molecule has 0 atom stereocenters. The van der Waals surface area contributed by atoms with Gasteiger partial charge in [-0.2, -0.15) is 0 Å². The molecule has 0 saturated heterocycles. The number of nitrogens with zero attached hydrogens (tertiary/aromatic N) is 1. The second-order valence-electron chi connectivity index (χ2n) is 5.50. The van der Waals surface area contributed by atoms with Gasteiger partial charge in [0.05, 0.1) is 23.8 Å². The lowest BCUT2D eigenvalue weighted by Crippen LogP contribution is -2.13. The number of hydrogen-bond acceptors (Lipinski definition) is 4. The van der Waals surface area contributed by atoms with Crippen LogP contribution in [0.5, 0.6) is 5.75 Å². The molecule has 106 valence electrons. The normalized spacial score (nSPS) is 11.2. The first-order valence-corrected chi connectivity index (χ1v) is 6.00. The minimum atomic E-state index is -0.666. The molecule has 0 bridgehead atoms. The fourth-order valence-corrected chi connectivity index (χ4v) is 1.56. The smallest absolute Gasteiger partial charge is 0.313 e. The molecule has 1 aromatic rings. The Balaban J connectivity index is 2.88. The van der Waals surface area contributed by atoms with Crippen LogP contribution in [-0.2, 0) is 0 Å². The summed E-state index contributed by atoms with van der Waals surface area (Å²) in [5.74, 6) is -0.605. The zero-order chi connectivity index (χ0) is 14.6. The van der Waals surface area contributed by atoms with Gasteiger partial charge < -0.3 is 10.1 Å². The topological polar surface area (TPSA) is 64.4 Å². The average molecular weight is 270 g/mol. The second kappa shape index (κ2) is 5.86. The number of hydrogen-bond donors (Lipinski definition) is 1. The molecule has 5 nitrogen and oxygen atoms in total. The van der Waals surface area contributed by atoms with Crippen LogP contribution >= 0.6 is 0 Å². The molecular weight excluding hydrogens is 251 g/mol. The Morgan fingerprint density at radius 1 is 1.42 bits per heavy atom. The van der Waals surface area contributed by atoms with Crippen molar-refractivity contribution in [2.24, 2.45) is 5.41 Å². The summed E-state index contributed by atoms with van der Waals surface area (Å²) in [5, 5.41) is 13.7. The summed E-state index contributed by atoms with van der Waals surface area (Å²) in [4.78, 5) is 10.1. The number of benzene rings is 1. The van der Waals surface area contributed by atoms with Gasteiger partial charge in [0, 0.05) is 12.6 Å². The highest BCUT2D eigenvalue weighted by Crippen LogP contribution is 2.32. The van der Waals surface area contributed by atoms with Gasteiger partial charge in [-0.25, -0.2) is 4.39 Å². The zero-order valence-electron chi connectivity index (χ0n) is 11.6. The summed E-state index contributed by atoms with van der Waals surface area (Å²) in [7, 11) is 1.32. The first-order valence-electron chi connectivity index (χ1n) is 6.00. The van der Waals surface area contributed by atoms with Gasteiger partial charge in [-0.1, -0.05) is 20.8 Å². The minimum Gasteiger partial charge on any atom is -0.490 e. The summed E-state index contributed by atoms with van der Waals surface area (Å²) < 4.78 is 18.6. The molecule has 0 spiro atoms. The average Bonchev–Trinajstić information content (AvgIpc) is 2.29. The van der Waals surface area contributed by atoms with Crippen molar-refractivity contribution in [1.29, 1.82) is 0 Å². The van der Waals surface area contributed by atoms with Crippen molar-refractivity contribution in [3.63, 3.8) is 0 Å². The molecule has 0 amide bonds. The van der Waals surface area contributed by atoms with E-state index in [2.05, 4.69) is 26.1 Å². The molecule has 0 radical (unpaired) electrons. The first kappa shape index (κ1) is 15.2. The molecule has 0 unspecified atom stereocenters. The lowest BCUT2D eigenvalue weighted by molar-refractivity contribution is -0.385. The van der Waals surface area contributed by atoms with E-state index in [4.69, 9.17) is 4.74 Å². The van der Waals surface area contributed by atoms with Gasteiger partial charge in [0.1, 0.15) is 0 Å². The number of methoxy groups -OCH3 is 1. The van der Waals surface area contributed by atoms with E-state index in [-0.39, 0.29) is 22.5 Å². The maximum atomic E-state index is 13.7. The standard InChI is InChI=1S/C13H19FN2O3/c1-13(2,3)5-6-15-10-8-12(19-4)11(16(17)18)7-9(10)14/h7-8,15H,5-6H2,1-4H3. The quantitative estimate of drug-likeness (QED) is 0.656. The fraction of sp³-hybridized carbons (Fsp3) is 0.538. The zero-order valence-corrected chi connectivity index (χ0v) is 11.6. The van der Waals surface area contributed by atoms with Crippen molar-refractivity contribution in [2.45, 2.75) is 27.2 Å². The van der Waals surface area contributed by atoms with Gasteiger partial charge in [0.15, 0.2) is 11.6 Å². The number of halogens is 1. The van der Waals surface area contributed by atoms with Crippen LogP contribution in [-0.4, -0.2) is 18.6 Å². The van der Waals surface area contributed by atoms with E-state index in [1.54, 1.807) is 0 Å². The fourth-order valence-electron chi connectivity index (χ4n) is 1.56. The number of nitrogens with one attached hydrogen (secondary N) is 1. The van der Waals surface area contributed by atoms with Gasteiger partial charge in [0.25, 0.3) is 0 Å². The molecule has 0 heterocycles. The SMILES string of the molecule is COc1cc(NCCC(C)(C)C)c(F)cc1[N+](=O)[O-]. The molecule has 1 N–H and O–H groups in total. The molecule has 0 saturated carbocycles.